The van der Waals surface area contributed by atoms with Gasteiger partial charge in [-0.3, -0.25) is 9.59 Å². The van der Waals surface area contributed by atoms with Crippen LogP contribution in [0.5, 0.6) is 5.75 Å². The summed E-state index contributed by atoms with van der Waals surface area (Å²) in [5.74, 6) is 0.952. The molecule has 150 valence electrons. The number of likely N-dealkylation sites (tertiary alicyclic amines) is 1. The van der Waals surface area contributed by atoms with E-state index in [1.807, 2.05) is 25.1 Å². The average Bonchev–Trinajstić information content (AvgIpc) is 2.67. The number of phenols is 1. The Bertz CT molecular complexity index is 893. The van der Waals surface area contributed by atoms with Crippen molar-refractivity contribution in [2.45, 2.75) is 52.5 Å². The molecule has 28 heavy (non-hydrogen) atoms. The number of carbonyl (C=O) groups excluding carboxylic acids is 1. The highest BCUT2D eigenvalue weighted by atomic mass is 16.3. The number of benzene rings is 1. The zero-order valence-corrected chi connectivity index (χ0v) is 17.0. The van der Waals surface area contributed by atoms with Crippen LogP contribution in [0.2, 0.25) is 0 Å². The van der Waals surface area contributed by atoms with Gasteiger partial charge in [0.15, 0.2) is 0 Å². The molecule has 2 heterocycles. The highest BCUT2D eigenvalue weighted by Gasteiger charge is 2.27. The lowest BCUT2D eigenvalue weighted by atomic mass is 9.89. The van der Waals surface area contributed by atoms with E-state index in [1.54, 1.807) is 27.8 Å². The van der Waals surface area contributed by atoms with E-state index in [0.717, 1.165) is 30.4 Å². The van der Waals surface area contributed by atoms with Crippen LogP contribution in [0.15, 0.2) is 41.3 Å². The third-order valence-electron chi connectivity index (χ3n) is 5.66. The summed E-state index contributed by atoms with van der Waals surface area (Å²) in [7, 11) is 0. The highest BCUT2D eigenvalue weighted by molar-refractivity contribution is 5.95. The molecule has 1 aliphatic heterocycles. The maximum absolute atomic E-state index is 13.1. The number of pyridine rings is 1. The summed E-state index contributed by atoms with van der Waals surface area (Å²) in [5.41, 5.74) is 1.98. The van der Waals surface area contributed by atoms with Crippen LogP contribution in [0.3, 0.4) is 0 Å². The van der Waals surface area contributed by atoms with Gasteiger partial charge in [-0.15, -0.1) is 0 Å². The van der Waals surface area contributed by atoms with Gasteiger partial charge in [0.05, 0.1) is 0 Å². The molecular weight excluding hydrogens is 352 g/mol. The second-order valence-corrected chi connectivity index (χ2v) is 8.22. The van der Waals surface area contributed by atoms with Crippen LogP contribution in [0.4, 0.5) is 0 Å². The van der Waals surface area contributed by atoms with E-state index in [2.05, 4.69) is 13.8 Å². The van der Waals surface area contributed by atoms with Crippen LogP contribution in [0.25, 0.3) is 0 Å². The molecule has 1 aromatic carbocycles. The summed E-state index contributed by atoms with van der Waals surface area (Å²) in [6, 6.07) is 9.22. The lowest BCUT2D eigenvalue weighted by Crippen LogP contribution is -2.41. The van der Waals surface area contributed by atoms with Crippen molar-refractivity contribution in [1.82, 2.24) is 9.47 Å². The van der Waals surface area contributed by atoms with Crippen LogP contribution in [0.1, 0.15) is 60.5 Å². The molecule has 0 spiro atoms. The largest absolute Gasteiger partial charge is 0.508 e. The van der Waals surface area contributed by atoms with Gasteiger partial charge >= 0.3 is 0 Å². The monoisotopic (exact) mass is 382 g/mol. The Morgan fingerprint density at radius 3 is 2.57 bits per heavy atom. The van der Waals surface area contributed by atoms with Crippen molar-refractivity contribution in [3.8, 4) is 5.75 Å². The fraction of sp³-hybridized carbons (Fsp3) is 0.478. The fourth-order valence-electron chi connectivity index (χ4n) is 3.85. The minimum absolute atomic E-state index is 0.157. The van der Waals surface area contributed by atoms with Crippen molar-refractivity contribution in [2.24, 2.45) is 5.92 Å². The number of hydrogen-bond donors (Lipinski definition) is 1. The molecule has 1 N–H and O–H groups in total. The van der Waals surface area contributed by atoms with Gasteiger partial charge in [0.25, 0.3) is 11.5 Å². The average molecular weight is 383 g/mol. The topological polar surface area (TPSA) is 62.5 Å². The van der Waals surface area contributed by atoms with Crippen LogP contribution in [-0.4, -0.2) is 33.6 Å². The molecule has 1 aromatic heterocycles. The number of phenolic OH excluding ortho intramolecular Hbond substituents is 1. The van der Waals surface area contributed by atoms with Gasteiger partial charge in [0.2, 0.25) is 0 Å². The van der Waals surface area contributed by atoms with Gasteiger partial charge in [-0.25, -0.2) is 0 Å². The van der Waals surface area contributed by atoms with Crippen LogP contribution in [-0.2, 0) is 6.54 Å². The Morgan fingerprint density at radius 1 is 1.21 bits per heavy atom. The molecular formula is C23H30N2O3. The summed E-state index contributed by atoms with van der Waals surface area (Å²) >= 11 is 0. The van der Waals surface area contributed by atoms with Crippen LogP contribution < -0.4 is 5.56 Å². The van der Waals surface area contributed by atoms with Crippen molar-refractivity contribution in [3.63, 3.8) is 0 Å². The molecule has 0 radical (unpaired) electrons. The Morgan fingerprint density at radius 2 is 1.93 bits per heavy atom. The normalized spacial score (nSPS) is 15.2. The number of aromatic hydroxyl groups is 1. The number of aryl methyl sites for hydroxylation is 2. The van der Waals surface area contributed by atoms with E-state index in [9.17, 15) is 14.7 Å². The smallest absolute Gasteiger partial charge is 0.263 e. The first kappa shape index (κ1) is 20.2. The number of amides is 1. The molecule has 0 atom stereocenters. The number of nitrogens with zero attached hydrogens (tertiary/aromatic N) is 2. The first-order valence-corrected chi connectivity index (χ1v) is 10.1. The molecule has 1 saturated heterocycles. The summed E-state index contributed by atoms with van der Waals surface area (Å²) in [4.78, 5) is 27.8. The summed E-state index contributed by atoms with van der Waals surface area (Å²) < 4.78 is 1.67. The predicted octanol–water partition coefficient (Wildman–Crippen LogP) is 3.93. The van der Waals surface area contributed by atoms with E-state index >= 15 is 0 Å². The lowest BCUT2D eigenvalue weighted by molar-refractivity contribution is 0.0709. The van der Waals surface area contributed by atoms with E-state index in [-0.39, 0.29) is 17.2 Å². The maximum Gasteiger partial charge on any atom is 0.263 e. The second-order valence-electron chi connectivity index (χ2n) is 8.22. The van der Waals surface area contributed by atoms with Gasteiger partial charge in [0, 0.05) is 25.8 Å². The molecule has 0 aliphatic carbocycles. The van der Waals surface area contributed by atoms with Gasteiger partial charge < -0.3 is 14.6 Å². The Kier molecular flexibility index (Phi) is 6.22. The van der Waals surface area contributed by atoms with Crippen molar-refractivity contribution in [1.29, 1.82) is 0 Å². The zero-order chi connectivity index (χ0) is 20.3. The van der Waals surface area contributed by atoms with E-state index < -0.39 is 0 Å². The maximum atomic E-state index is 13.1. The molecule has 3 rings (SSSR count). The van der Waals surface area contributed by atoms with Gasteiger partial charge in [-0.1, -0.05) is 26.0 Å². The highest BCUT2D eigenvalue weighted by Crippen LogP contribution is 2.30. The molecule has 0 saturated carbocycles. The summed E-state index contributed by atoms with van der Waals surface area (Å²) in [6.45, 7) is 7.97. The quantitative estimate of drug-likeness (QED) is 0.852. The zero-order valence-electron chi connectivity index (χ0n) is 17.0. The van der Waals surface area contributed by atoms with Gasteiger partial charge in [-0.05, 0) is 67.3 Å². The number of aromatic nitrogens is 1. The van der Waals surface area contributed by atoms with Crippen molar-refractivity contribution in [2.75, 3.05) is 13.1 Å². The van der Waals surface area contributed by atoms with Crippen LogP contribution in [0, 0.1) is 12.8 Å². The number of rotatable bonds is 5. The lowest BCUT2D eigenvalue weighted by Gasteiger charge is -2.32. The standard InChI is InChI=1S/C23H30N2O3/c1-16(2)7-11-24-12-8-17(3)21(22(24)27)23(28)25-13-9-18(10-14-25)19-5-4-6-20(26)15-19/h4-6,8,12,15-16,18,26H,7,9-11,13-14H2,1-3H3. The number of piperidine rings is 1. The minimum Gasteiger partial charge on any atom is -0.508 e. The molecule has 5 nitrogen and oxygen atoms in total. The molecule has 0 bridgehead atoms. The summed E-state index contributed by atoms with van der Waals surface area (Å²) in [6.07, 6.45) is 4.38. The Hall–Kier alpha value is -2.56. The summed E-state index contributed by atoms with van der Waals surface area (Å²) in [5, 5.41) is 9.70. The Labute approximate surface area is 166 Å². The van der Waals surface area contributed by atoms with E-state index in [0.29, 0.717) is 37.0 Å². The fourth-order valence-corrected chi connectivity index (χ4v) is 3.85. The number of hydrogen-bond acceptors (Lipinski definition) is 3. The third-order valence-corrected chi connectivity index (χ3v) is 5.66. The van der Waals surface area contributed by atoms with Gasteiger partial charge in [0.1, 0.15) is 11.3 Å². The van der Waals surface area contributed by atoms with Crippen molar-refractivity contribution < 1.29 is 9.90 Å². The van der Waals surface area contributed by atoms with Crippen molar-refractivity contribution >= 4 is 5.91 Å². The first-order chi connectivity index (χ1) is 13.4. The first-order valence-electron chi connectivity index (χ1n) is 10.1. The Balaban J connectivity index is 1.73. The molecule has 5 heteroatoms. The molecule has 2 aromatic rings. The SMILES string of the molecule is Cc1ccn(CCC(C)C)c(=O)c1C(=O)N1CCC(c2cccc(O)c2)CC1. The molecule has 1 amide bonds. The van der Waals surface area contributed by atoms with Gasteiger partial charge in [-0.2, -0.15) is 0 Å². The predicted molar refractivity (Wildman–Crippen MR) is 111 cm³/mol. The second kappa shape index (κ2) is 8.63. The molecule has 1 fully saturated rings. The van der Waals surface area contributed by atoms with E-state index in [1.165, 1.54) is 0 Å². The molecule has 0 unspecified atom stereocenters. The van der Waals surface area contributed by atoms with E-state index in [4.69, 9.17) is 0 Å². The van der Waals surface area contributed by atoms with Crippen molar-refractivity contribution in [3.05, 3.63) is 63.6 Å². The number of carbonyl (C=O) groups is 1. The van der Waals surface area contributed by atoms with Crippen LogP contribution >= 0.6 is 0 Å². The third kappa shape index (κ3) is 4.46. The minimum atomic E-state index is -0.180. The molecule has 1 aliphatic rings.